The van der Waals surface area contributed by atoms with Crippen molar-refractivity contribution < 1.29 is 19.5 Å². The van der Waals surface area contributed by atoms with E-state index in [-0.39, 0.29) is 29.7 Å². The zero-order valence-corrected chi connectivity index (χ0v) is 16.0. The van der Waals surface area contributed by atoms with E-state index in [9.17, 15) is 14.4 Å². The lowest BCUT2D eigenvalue weighted by molar-refractivity contribution is -0.138. The fraction of sp³-hybridized carbons (Fsp3) is 0.571. The summed E-state index contributed by atoms with van der Waals surface area (Å²) in [5.74, 6) is -0.997. The number of anilines is 1. The van der Waals surface area contributed by atoms with Crippen LogP contribution in [0.3, 0.4) is 0 Å². The molecular formula is C21H27N3O4. The van der Waals surface area contributed by atoms with E-state index in [1.54, 1.807) is 0 Å². The highest BCUT2D eigenvalue weighted by Gasteiger charge is 2.44. The van der Waals surface area contributed by atoms with Gasteiger partial charge in [0.15, 0.2) is 0 Å². The number of benzene rings is 1. The van der Waals surface area contributed by atoms with E-state index in [2.05, 4.69) is 5.32 Å². The lowest BCUT2D eigenvalue weighted by Gasteiger charge is -2.34. The van der Waals surface area contributed by atoms with Crippen molar-refractivity contribution in [1.82, 2.24) is 9.80 Å². The minimum Gasteiger partial charge on any atom is -0.481 e. The molecule has 7 nitrogen and oxygen atoms in total. The molecule has 3 fully saturated rings. The Hall–Kier alpha value is -2.57. The Bertz CT molecular complexity index is 749. The Balaban J connectivity index is 1.25. The summed E-state index contributed by atoms with van der Waals surface area (Å²) in [7, 11) is 0. The molecule has 0 bridgehead atoms. The molecule has 3 amide bonds. The quantitative estimate of drug-likeness (QED) is 0.834. The van der Waals surface area contributed by atoms with Crippen LogP contribution in [0.2, 0.25) is 0 Å². The number of hydrogen-bond acceptors (Lipinski definition) is 3. The van der Waals surface area contributed by atoms with E-state index >= 15 is 0 Å². The summed E-state index contributed by atoms with van der Waals surface area (Å²) in [4.78, 5) is 39.8. The van der Waals surface area contributed by atoms with Crippen LogP contribution >= 0.6 is 0 Å². The first kappa shape index (κ1) is 18.8. The lowest BCUT2D eigenvalue weighted by atomic mass is 9.96. The number of carbonyl (C=O) groups excluding carboxylic acids is 2. The number of likely N-dealkylation sites (tertiary alicyclic amines) is 2. The first-order valence-electron chi connectivity index (χ1n) is 10.2. The summed E-state index contributed by atoms with van der Waals surface area (Å²) >= 11 is 0. The predicted molar refractivity (Wildman–Crippen MR) is 104 cm³/mol. The maximum Gasteiger partial charge on any atom is 0.319 e. The molecule has 0 unspecified atom stereocenters. The number of carboxylic acid groups (broad SMARTS) is 1. The molecule has 150 valence electrons. The van der Waals surface area contributed by atoms with Crippen molar-refractivity contribution in [3.05, 3.63) is 29.8 Å². The molecule has 3 aliphatic rings. The number of nitrogens with one attached hydrogen (secondary N) is 1. The molecule has 1 aromatic carbocycles. The smallest absolute Gasteiger partial charge is 0.319 e. The zero-order chi connectivity index (χ0) is 19.7. The molecule has 28 heavy (non-hydrogen) atoms. The predicted octanol–water partition coefficient (Wildman–Crippen LogP) is 2.74. The number of carbonyl (C=O) groups is 3. The van der Waals surface area contributed by atoms with Crippen molar-refractivity contribution in [2.45, 2.75) is 38.0 Å². The number of hydrogen-bond donors (Lipinski definition) is 2. The van der Waals surface area contributed by atoms with Crippen LogP contribution in [0.1, 0.15) is 43.6 Å². The fourth-order valence-electron chi connectivity index (χ4n) is 4.34. The molecule has 0 radical (unpaired) electrons. The van der Waals surface area contributed by atoms with E-state index in [1.165, 1.54) is 0 Å². The molecule has 1 aromatic rings. The van der Waals surface area contributed by atoms with Gasteiger partial charge < -0.3 is 20.2 Å². The molecule has 0 spiro atoms. The van der Waals surface area contributed by atoms with Gasteiger partial charge in [0, 0.05) is 37.8 Å². The molecule has 1 saturated carbocycles. The molecule has 2 saturated heterocycles. The summed E-state index contributed by atoms with van der Waals surface area (Å²) in [5.41, 5.74) is 1.75. The molecule has 4 rings (SSSR count). The van der Waals surface area contributed by atoms with Crippen molar-refractivity contribution in [1.29, 1.82) is 0 Å². The second kappa shape index (κ2) is 7.81. The first-order valence-corrected chi connectivity index (χ1v) is 10.2. The number of rotatable bonds is 4. The van der Waals surface area contributed by atoms with Gasteiger partial charge in [0.1, 0.15) is 0 Å². The number of nitrogens with zero attached hydrogens (tertiary/aromatic N) is 2. The minimum atomic E-state index is -0.739. The summed E-state index contributed by atoms with van der Waals surface area (Å²) < 4.78 is 0. The Morgan fingerprint density at radius 3 is 2.11 bits per heavy atom. The maximum atomic E-state index is 12.6. The Kier molecular flexibility index (Phi) is 5.24. The SMILES string of the molecule is O=C(Nc1ccc([C@@H]2C[C@H]2C(=O)O)cc1)C1CCN(C(=O)N2CCCC2)CC1. The minimum absolute atomic E-state index is 0.00384. The second-order valence-electron chi connectivity index (χ2n) is 8.14. The standard InChI is InChI=1S/C21H27N3O4/c25-19(15-7-11-24(12-8-15)21(28)23-9-1-2-10-23)22-16-5-3-14(4-6-16)17-13-18(17)20(26)27/h3-6,15,17-18H,1-2,7-13H2,(H,22,25)(H,26,27)/t17-,18+/m0/s1. The molecule has 2 N–H and O–H groups in total. The van der Waals surface area contributed by atoms with Crippen LogP contribution in [0.25, 0.3) is 0 Å². The Morgan fingerprint density at radius 2 is 1.54 bits per heavy atom. The van der Waals surface area contributed by atoms with E-state index < -0.39 is 5.97 Å². The highest BCUT2D eigenvalue weighted by atomic mass is 16.4. The van der Waals surface area contributed by atoms with Gasteiger partial charge in [0.05, 0.1) is 5.92 Å². The Morgan fingerprint density at radius 1 is 0.929 bits per heavy atom. The molecule has 2 aliphatic heterocycles. The lowest BCUT2D eigenvalue weighted by Crippen LogP contribution is -2.47. The average molecular weight is 385 g/mol. The van der Waals surface area contributed by atoms with Gasteiger partial charge in [0.2, 0.25) is 5.91 Å². The third-order valence-electron chi connectivity index (χ3n) is 6.23. The number of piperidine rings is 1. The topological polar surface area (TPSA) is 90.0 Å². The summed E-state index contributed by atoms with van der Waals surface area (Å²) in [6.07, 6.45) is 4.23. The van der Waals surface area contributed by atoms with E-state index in [0.29, 0.717) is 32.4 Å². The zero-order valence-electron chi connectivity index (χ0n) is 16.0. The normalized spacial score (nSPS) is 24.9. The molecular weight excluding hydrogens is 358 g/mol. The summed E-state index contributed by atoms with van der Waals surface area (Å²) in [6.45, 7) is 2.96. The van der Waals surface area contributed by atoms with Gasteiger partial charge in [-0.2, -0.15) is 0 Å². The van der Waals surface area contributed by atoms with E-state index in [4.69, 9.17) is 5.11 Å². The average Bonchev–Trinajstić information content (AvgIpc) is 3.33. The van der Waals surface area contributed by atoms with Gasteiger partial charge in [-0.3, -0.25) is 9.59 Å². The van der Waals surface area contributed by atoms with Crippen molar-refractivity contribution in [3.8, 4) is 0 Å². The summed E-state index contributed by atoms with van der Waals surface area (Å²) in [6, 6.07) is 7.61. The van der Waals surface area contributed by atoms with Crippen molar-refractivity contribution in [3.63, 3.8) is 0 Å². The third kappa shape index (κ3) is 3.98. The van der Waals surface area contributed by atoms with Crippen LogP contribution in [-0.2, 0) is 9.59 Å². The number of amides is 3. The Labute approximate surface area is 164 Å². The molecule has 2 heterocycles. The first-order chi connectivity index (χ1) is 13.5. The molecule has 2 atom stereocenters. The van der Waals surface area contributed by atoms with Crippen LogP contribution in [0.15, 0.2) is 24.3 Å². The molecule has 0 aromatic heterocycles. The number of urea groups is 1. The van der Waals surface area contributed by atoms with Crippen LogP contribution in [0, 0.1) is 11.8 Å². The van der Waals surface area contributed by atoms with Gasteiger partial charge >= 0.3 is 12.0 Å². The summed E-state index contributed by atoms with van der Waals surface area (Å²) in [5, 5.41) is 12.0. The van der Waals surface area contributed by atoms with Gasteiger partial charge in [0.25, 0.3) is 0 Å². The van der Waals surface area contributed by atoms with Crippen LogP contribution < -0.4 is 5.32 Å². The highest BCUT2D eigenvalue weighted by Crippen LogP contribution is 2.47. The fourth-order valence-corrected chi connectivity index (χ4v) is 4.34. The monoisotopic (exact) mass is 385 g/mol. The highest BCUT2D eigenvalue weighted by molar-refractivity contribution is 5.92. The van der Waals surface area contributed by atoms with E-state index in [1.807, 2.05) is 34.1 Å². The molecule has 7 heteroatoms. The van der Waals surface area contributed by atoms with Crippen molar-refractivity contribution in [2.75, 3.05) is 31.5 Å². The third-order valence-corrected chi connectivity index (χ3v) is 6.23. The van der Waals surface area contributed by atoms with Gasteiger partial charge in [-0.15, -0.1) is 0 Å². The second-order valence-corrected chi connectivity index (χ2v) is 8.14. The largest absolute Gasteiger partial charge is 0.481 e. The molecule has 1 aliphatic carbocycles. The van der Waals surface area contributed by atoms with Crippen LogP contribution in [0.4, 0.5) is 10.5 Å². The van der Waals surface area contributed by atoms with Gasteiger partial charge in [-0.05, 0) is 55.7 Å². The van der Waals surface area contributed by atoms with E-state index in [0.717, 1.165) is 37.2 Å². The van der Waals surface area contributed by atoms with Gasteiger partial charge in [-0.1, -0.05) is 12.1 Å². The number of aliphatic carboxylic acids is 1. The maximum absolute atomic E-state index is 12.6. The van der Waals surface area contributed by atoms with Crippen molar-refractivity contribution in [2.24, 2.45) is 11.8 Å². The van der Waals surface area contributed by atoms with Crippen LogP contribution in [-0.4, -0.2) is 59.0 Å². The van der Waals surface area contributed by atoms with Crippen molar-refractivity contribution >= 4 is 23.6 Å². The van der Waals surface area contributed by atoms with Crippen LogP contribution in [0.5, 0.6) is 0 Å². The van der Waals surface area contributed by atoms with Gasteiger partial charge in [-0.25, -0.2) is 4.79 Å². The number of carboxylic acids is 1.